The molecule has 146 valence electrons. The van der Waals surface area contributed by atoms with Gasteiger partial charge in [0, 0.05) is 29.7 Å². The molecule has 0 saturated carbocycles. The lowest BCUT2D eigenvalue weighted by molar-refractivity contribution is 0.201. The summed E-state index contributed by atoms with van der Waals surface area (Å²) in [7, 11) is 1.68. The third kappa shape index (κ3) is 3.30. The van der Waals surface area contributed by atoms with Crippen LogP contribution in [0.1, 0.15) is 28.4 Å². The van der Waals surface area contributed by atoms with Crippen molar-refractivity contribution in [3.63, 3.8) is 0 Å². The van der Waals surface area contributed by atoms with Crippen molar-refractivity contribution in [2.75, 3.05) is 13.7 Å². The molecule has 29 heavy (non-hydrogen) atoms. The molecule has 0 aliphatic carbocycles. The molecule has 3 aromatic carbocycles. The molecular formula is C25H23FN2O. The third-order valence-electron chi connectivity index (χ3n) is 5.84. The van der Waals surface area contributed by atoms with Crippen molar-refractivity contribution >= 4 is 10.9 Å². The lowest BCUT2D eigenvalue weighted by Gasteiger charge is -2.36. The van der Waals surface area contributed by atoms with E-state index < -0.39 is 0 Å². The number of aromatic amines is 1. The summed E-state index contributed by atoms with van der Waals surface area (Å²) >= 11 is 0. The van der Waals surface area contributed by atoms with Crippen molar-refractivity contribution in [1.82, 2.24) is 9.88 Å². The highest BCUT2D eigenvalue weighted by Crippen LogP contribution is 2.39. The molecular weight excluding hydrogens is 363 g/mol. The maximum Gasteiger partial charge on any atom is 0.123 e. The monoisotopic (exact) mass is 386 g/mol. The van der Waals surface area contributed by atoms with E-state index in [2.05, 4.69) is 46.3 Å². The molecule has 1 aliphatic heterocycles. The summed E-state index contributed by atoms with van der Waals surface area (Å²) in [5.41, 5.74) is 5.98. The average molecular weight is 386 g/mol. The summed E-state index contributed by atoms with van der Waals surface area (Å²) in [6.45, 7) is 1.62. The maximum atomic E-state index is 13.8. The number of nitrogens with zero attached hydrogens (tertiary/aromatic N) is 1. The summed E-state index contributed by atoms with van der Waals surface area (Å²) in [4.78, 5) is 6.10. The van der Waals surface area contributed by atoms with Gasteiger partial charge in [-0.25, -0.2) is 4.39 Å². The Labute approximate surface area is 169 Å². The fraction of sp³-hybridized carbons (Fsp3) is 0.200. The Kier molecular flexibility index (Phi) is 4.57. The number of hydrogen-bond acceptors (Lipinski definition) is 2. The molecule has 0 saturated heterocycles. The highest BCUT2D eigenvalue weighted by atomic mass is 19.1. The van der Waals surface area contributed by atoms with Gasteiger partial charge in [0.15, 0.2) is 0 Å². The van der Waals surface area contributed by atoms with E-state index in [9.17, 15) is 4.39 Å². The van der Waals surface area contributed by atoms with Gasteiger partial charge >= 0.3 is 0 Å². The Morgan fingerprint density at radius 3 is 2.66 bits per heavy atom. The van der Waals surface area contributed by atoms with Gasteiger partial charge in [0.2, 0.25) is 0 Å². The van der Waals surface area contributed by atoms with Crippen LogP contribution < -0.4 is 4.74 Å². The Morgan fingerprint density at radius 1 is 1.03 bits per heavy atom. The van der Waals surface area contributed by atoms with Crippen molar-refractivity contribution in [1.29, 1.82) is 0 Å². The molecule has 0 radical (unpaired) electrons. The van der Waals surface area contributed by atoms with E-state index >= 15 is 0 Å². The number of halogens is 1. The highest BCUT2D eigenvalue weighted by Gasteiger charge is 2.31. The highest BCUT2D eigenvalue weighted by molar-refractivity contribution is 5.85. The fourth-order valence-electron chi connectivity index (χ4n) is 4.49. The van der Waals surface area contributed by atoms with Crippen LogP contribution in [0.2, 0.25) is 0 Å². The van der Waals surface area contributed by atoms with Gasteiger partial charge in [0.05, 0.1) is 13.2 Å². The minimum Gasteiger partial charge on any atom is -0.497 e. The summed E-state index contributed by atoms with van der Waals surface area (Å²) in [6.07, 6.45) is 0.974. The van der Waals surface area contributed by atoms with Gasteiger partial charge in [-0.3, -0.25) is 4.90 Å². The number of para-hydroxylation sites is 1. The van der Waals surface area contributed by atoms with Crippen molar-refractivity contribution < 1.29 is 9.13 Å². The number of nitrogens with one attached hydrogen (secondary N) is 1. The molecule has 1 aliphatic rings. The average Bonchev–Trinajstić information content (AvgIpc) is 3.12. The van der Waals surface area contributed by atoms with Crippen LogP contribution in [0.25, 0.3) is 10.9 Å². The molecule has 0 fully saturated rings. The van der Waals surface area contributed by atoms with E-state index in [-0.39, 0.29) is 11.9 Å². The Morgan fingerprint density at radius 2 is 1.86 bits per heavy atom. The zero-order valence-electron chi connectivity index (χ0n) is 16.4. The molecule has 0 amide bonds. The zero-order chi connectivity index (χ0) is 19.8. The SMILES string of the molecule is COc1ccc([C@@H]2c3[nH]c4ccccc4c3CCN2Cc2cccc(F)c2)cc1. The van der Waals surface area contributed by atoms with Gasteiger partial charge in [-0.2, -0.15) is 0 Å². The molecule has 5 rings (SSSR count). The topological polar surface area (TPSA) is 28.3 Å². The van der Waals surface area contributed by atoms with Crippen molar-refractivity contribution in [2.24, 2.45) is 0 Å². The molecule has 4 aromatic rings. The summed E-state index contributed by atoms with van der Waals surface area (Å²) in [5, 5.41) is 1.30. The van der Waals surface area contributed by atoms with E-state index in [1.165, 1.54) is 33.8 Å². The molecule has 3 nitrogen and oxygen atoms in total. The van der Waals surface area contributed by atoms with E-state index in [1.54, 1.807) is 19.2 Å². The maximum absolute atomic E-state index is 13.8. The summed E-state index contributed by atoms with van der Waals surface area (Å²) < 4.78 is 19.1. The van der Waals surface area contributed by atoms with Gasteiger partial charge in [0.1, 0.15) is 11.6 Å². The second kappa shape index (κ2) is 7.37. The molecule has 0 unspecified atom stereocenters. The predicted octanol–water partition coefficient (Wildman–Crippen LogP) is 5.46. The number of methoxy groups -OCH3 is 1. The number of hydrogen-bond donors (Lipinski definition) is 1. The number of fused-ring (bicyclic) bond motifs is 3. The standard InChI is InChI=1S/C25H23FN2O/c1-29-20-11-9-18(10-12-20)25-24-22(21-7-2-3-8-23(21)27-24)13-14-28(25)16-17-5-4-6-19(26)15-17/h2-12,15,25,27H,13-14,16H2,1H3/t25-/m1/s1. The Balaban J connectivity index is 1.60. The van der Waals surface area contributed by atoms with E-state index in [4.69, 9.17) is 4.74 Å². The van der Waals surface area contributed by atoms with Gasteiger partial charge in [-0.05, 0) is 53.4 Å². The van der Waals surface area contributed by atoms with E-state index in [0.29, 0.717) is 6.54 Å². The number of H-pyrrole nitrogens is 1. The number of aromatic nitrogens is 1. The van der Waals surface area contributed by atoms with E-state index in [1.807, 2.05) is 18.2 Å². The molecule has 1 atom stereocenters. The van der Waals surface area contributed by atoms with Crippen molar-refractivity contribution in [3.05, 3.63) is 101 Å². The second-order valence-corrected chi connectivity index (χ2v) is 7.59. The first-order valence-electron chi connectivity index (χ1n) is 9.95. The van der Waals surface area contributed by atoms with Crippen LogP contribution in [-0.2, 0) is 13.0 Å². The third-order valence-corrected chi connectivity index (χ3v) is 5.84. The van der Waals surface area contributed by atoms with Crippen LogP contribution >= 0.6 is 0 Å². The van der Waals surface area contributed by atoms with Crippen LogP contribution in [0.5, 0.6) is 5.75 Å². The quantitative estimate of drug-likeness (QED) is 0.504. The minimum absolute atomic E-state index is 0.0836. The van der Waals surface area contributed by atoms with Gasteiger partial charge in [-0.15, -0.1) is 0 Å². The van der Waals surface area contributed by atoms with Gasteiger partial charge < -0.3 is 9.72 Å². The normalized spacial score (nSPS) is 16.7. The number of rotatable bonds is 4. The number of ether oxygens (including phenoxy) is 1. The first kappa shape index (κ1) is 18.0. The summed E-state index contributed by atoms with van der Waals surface area (Å²) in [6, 6.07) is 23.7. The lowest BCUT2D eigenvalue weighted by atomic mass is 9.92. The van der Waals surface area contributed by atoms with E-state index in [0.717, 1.165) is 24.3 Å². The predicted molar refractivity (Wildman–Crippen MR) is 114 cm³/mol. The largest absolute Gasteiger partial charge is 0.497 e. The second-order valence-electron chi connectivity index (χ2n) is 7.59. The molecule has 2 heterocycles. The Hall–Kier alpha value is -3.11. The molecule has 0 spiro atoms. The van der Waals surface area contributed by atoms with Gasteiger partial charge in [0.25, 0.3) is 0 Å². The van der Waals surface area contributed by atoms with Crippen LogP contribution in [0, 0.1) is 5.82 Å². The Bertz CT molecular complexity index is 1150. The van der Waals surface area contributed by atoms with Crippen molar-refractivity contribution in [3.8, 4) is 5.75 Å². The number of benzene rings is 3. The first-order chi connectivity index (χ1) is 14.2. The molecule has 0 bridgehead atoms. The lowest BCUT2D eigenvalue weighted by Crippen LogP contribution is -2.35. The smallest absolute Gasteiger partial charge is 0.123 e. The van der Waals surface area contributed by atoms with Crippen LogP contribution in [0.3, 0.4) is 0 Å². The minimum atomic E-state index is -0.188. The molecule has 1 aromatic heterocycles. The molecule has 4 heteroatoms. The van der Waals surface area contributed by atoms with Crippen LogP contribution in [0.4, 0.5) is 4.39 Å². The van der Waals surface area contributed by atoms with Crippen LogP contribution in [-0.4, -0.2) is 23.5 Å². The first-order valence-corrected chi connectivity index (χ1v) is 9.95. The molecule has 1 N–H and O–H groups in total. The van der Waals surface area contributed by atoms with Gasteiger partial charge in [-0.1, -0.05) is 42.5 Å². The van der Waals surface area contributed by atoms with Crippen molar-refractivity contribution in [2.45, 2.75) is 19.0 Å². The summed E-state index contributed by atoms with van der Waals surface area (Å²) in [5.74, 6) is 0.657. The zero-order valence-corrected chi connectivity index (χ0v) is 16.4. The van der Waals surface area contributed by atoms with Crippen LogP contribution in [0.15, 0.2) is 72.8 Å². The fourth-order valence-corrected chi connectivity index (χ4v) is 4.49.